The van der Waals surface area contributed by atoms with Crippen LogP contribution in [-0.4, -0.2) is 16.6 Å². The molecule has 1 heterocycles. The van der Waals surface area contributed by atoms with Crippen molar-refractivity contribution in [1.82, 2.24) is 4.98 Å². The maximum Gasteiger partial charge on any atom is 0.241 e. The molecular formula is C24H20N2OS. The summed E-state index contributed by atoms with van der Waals surface area (Å²) in [6.07, 6.45) is 0. The molecule has 0 N–H and O–H groups in total. The van der Waals surface area contributed by atoms with Gasteiger partial charge in [0.2, 0.25) is 5.91 Å². The Balaban J connectivity index is 1.59. The van der Waals surface area contributed by atoms with Crippen LogP contribution in [0.15, 0.2) is 96.0 Å². The van der Waals surface area contributed by atoms with Gasteiger partial charge in [-0.2, -0.15) is 0 Å². The molecule has 0 fully saturated rings. The molecule has 0 saturated carbocycles. The van der Waals surface area contributed by atoms with Crippen LogP contribution in [0.25, 0.3) is 10.9 Å². The largest absolute Gasteiger partial charge is 0.280 e. The second-order valence-electron chi connectivity index (χ2n) is 6.48. The number of hydrogen-bond acceptors (Lipinski definition) is 3. The summed E-state index contributed by atoms with van der Waals surface area (Å²) in [7, 11) is 0. The number of aryl methyl sites for hydroxylation is 1. The third-order valence-electron chi connectivity index (χ3n) is 4.52. The first-order chi connectivity index (χ1) is 13.7. The highest BCUT2D eigenvalue weighted by Crippen LogP contribution is 2.28. The highest BCUT2D eigenvalue weighted by atomic mass is 32.2. The maximum atomic E-state index is 13.1. The number of thioether (sulfide) groups is 1. The first-order valence-electron chi connectivity index (χ1n) is 9.14. The molecule has 4 heteroatoms. The van der Waals surface area contributed by atoms with Crippen molar-refractivity contribution < 1.29 is 4.79 Å². The Hall–Kier alpha value is -3.11. The van der Waals surface area contributed by atoms with Crippen LogP contribution in [0.1, 0.15) is 5.56 Å². The van der Waals surface area contributed by atoms with Crippen LogP contribution in [0.5, 0.6) is 0 Å². The predicted molar refractivity (Wildman–Crippen MR) is 117 cm³/mol. The molecule has 0 aliphatic carbocycles. The summed E-state index contributed by atoms with van der Waals surface area (Å²) in [4.78, 5) is 19.6. The predicted octanol–water partition coefficient (Wildman–Crippen LogP) is 6.00. The second kappa shape index (κ2) is 8.28. The molecule has 4 aromatic rings. The van der Waals surface area contributed by atoms with Gasteiger partial charge in [-0.3, -0.25) is 9.69 Å². The molecule has 1 amide bonds. The fourth-order valence-corrected chi connectivity index (χ4v) is 4.01. The van der Waals surface area contributed by atoms with Crippen LogP contribution in [0.3, 0.4) is 0 Å². The minimum Gasteiger partial charge on any atom is -0.280 e. The third kappa shape index (κ3) is 3.92. The molecule has 3 aromatic carbocycles. The third-order valence-corrected chi connectivity index (χ3v) is 5.42. The van der Waals surface area contributed by atoms with E-state index < -0.39 is 0 Å². The fourth-order valence-electron chi connectivity index (χ4n) is 3.18. The zero-order chi connectivity index (χ0) is 19.3. The van der Waals surface area contributed by atoms with Gasteiger partial charge >= 0.3 is 0 Å². The molecular weight excluding hydrogens is 364 g/mol. The van der Waals surface area contributed by atoms with Crippen LogP contribution in [0.4, 0.5) is 11.4 Å². The summed E-state index contributed by atoms with van der Waals surface area (Å²) < 4.78 is 0. The zero-order valence-corrected chi connectivity index (χ0v) is 16.4. The van der Waals surface area contributed by atoms with Gasteiger partial charge in [0.05, 0.1) is 16.3 Å². The molecule has 0 unspecified atom stereocenters. The van der Waals surface area contributed by atoms with Gasteiger partial charge in [-0.05, 0) is 48.9 Å². The topological polar surface area (TPSA) is 33.2 Å². The number of aromatic nitrogens is 1. The maximum absolute atomic E-state index is 13.1. The SMILES string of the molecule is Cc1cc(SCC(=O)N(c2ccccc2)c2ccccc2)nc2ccccc12. The van der Waals surface area contributed by atoms with Crippen LogP contribution >= 0.6 is 11.8 Å². The van der Waals surface area contributed by atoms with Crippen LogP contribution < -0.4 is 4.90 Å². The van der Waals surface area contributed by atoms with E-state index in [0.29, 0.717) is 5.75 Å². The first-order valence-corrected chi connectivity index (χ1v) is 10.1. The van der Waals surface area contributed by atoms with Crippen LogP contribution in [0, 0.1) is 6.92 Å². The Morgan fingerprint density at radius 3 is 2.07 bits per heavy atom. The number of fused-ring (bicyclic) bond motifs is 1. The van der Waals surface area contributed by atoms with Gasteiger partial charge in [0.25, 0.3) is 0 Å². The Morgan fingerprint density at radius 2 is 1.43 bits per heavy atom. The summed E-state index contributed by atoms with van der Waals surface area (Å²) in [6, 6.07) is 29.6. The van der Waals surface area contributed by atoms with E-state index in [1.54, 1.807) is 4.90 Å². The number of pyridine rings is 1. The van der Waals surface area contributed by atoms with E-state index >= 15 is 0 Å². The van der Waals surface area contributed by atoms with E-state index in [-0.39, 0.29) is 5.91 Å². The Morgan fingerprint density at radius 1 is 0.857 bits per heavy atom. The highest BCUT2D eigenvalue weighted by molar-refractivity contribution is 7.99. The standard InChI is InChI=1S/C24H20N2OS/c1-18-16-23(25-22-15-9-8-14-21(18)22)28-17-24(27)26(19-10-4-2-5-11-19)20-12-6-3-7-13-20/h2-16H,17H2,1H3. The zero-order valence-electron chi connectivity index (χ0n) is 15.6. The number of benzene rings is 3. The van der Waals surface area contributed by atoms with E-state index in [0.717, 1.165) is 27.3 Å². The molecule has 28 heavy (non-hydrogen) atoms. The molecule has 4 rings (SSSR count). The Kier molecular flexibility index (Phi) is 5.40. The lowest BCUT2D eigenvalue weighted by Gasteiger charge is -2.23. The minimum atomic E-state index is 0.0232. The number of hydrogen-bond donors (Lipinski definition) is 0. The van der Waals surface area contributed by atoms with Crippen LogP contribution in [-0.2, 0) is 4.79 Å². The summed E-state index contributed by atoms with van der Waals surface area (Å²) >= 11 is 1.47. The van der Waals surface area contributed by atoms with Gasteiger partial charge < -0.3 is 0 Å². The summed E-state index contributed by atoms with van der Waals surface area (Å²) in [5, 5.41) is 2.01. The molecule has 0 aliphatic heterocycles. The molecule has 0 bridgehead atoms. The van der Waals surface area contributed by atoms with E-state index in [1.165, 1.54) is 17.3 Å². The first kappa shape index (κ1) is 18.3. The average Bonchev–Trinajstić information content (AvgIpc) is 2.74. The molecule has 138 valence electrons. The summed E-state index contributed by atoms with van der Waals surface area (Å²) in [6.45, 7) is 2.08. The summed E-state index contributed by atoms with van der Waals surface area (Å²) in [5.74, 6) is 0.337. The lowest BCUT2D eigenvalue weighted by Crippen LogP contribution is -2.27. The number of anilines is 2. The normalized spacial score (nSPS) is 10.8. The molecule has 0 atom stereocenters. The number of amides is 1. The number of carbonyl (C=O) groups excluding carboxylic acids is 1. The lowest BCUT2D eigenvalue weighted by molar-refractivity contribution is -0.115. The van der Waals surface area contributed by atoms with E-state index in [9.17, 15) is 4.79 Å². The van der Waals surface area contributed by atoms with Crippen LogP contribution in [0.2, 0.25) is 0 Å². The molecule has 0 spiro atoms. The van der Waals surface area contributed by atoms with Crippen molar-refractivity contribution in [2.45, 2.75) is 11.9 Å². The molecule has 0 radical (unpaired) electrons. The van der Waals surface area contributed by atoms with Gasteiger partial charge in [-0.1, -0.05) is 66.4 Å². The van der Waals surface area contributed by atoms with Crippen molar-refractivity contribution in [3.8, 4) is 0 Å². The van der Waals surface area contributed by atoms with Crippen molar-refractivity contribution in [1.29, 1.82) is 0 Å². The second-order valence-corrected chi connectivity index (χ2v) is 7.48. The number of carbonyl (C=O) groups is 1. The summed E-state index contributed by atoms with van der Waals surface area (Å²) in [5.41, 5.74) is 3.85. The van der Waals surface area contributed by atoms with Crippen molar-refractivity contribution in [3.63, 3.8) is 0 Å². The Labute approximate surface area is 169 Å². The van der Waals surface area contributed by atoms with Gasteiger partial charge in [-0.25, -0.2) is 4.98 Å². The van der Waals surface area contributed by atoms with Gasteiger partial charge in [0, 0.05) is 16.8 Å². The number of para-hydroxylation sites is 3. The molecule has 1 aromatic heterocycles. The smallest absolute Gasteiger partial charge is 0.241 e. The van der Waals surface area contributed by atoms with E-state index in [2.05, 4.69) is 19.1 Å². The minimum absolute atomic E-state index is 0.0232. The molecule has 3 nitrogen and oxygen atoms in total. The Bertz CT molecular complexity index is 1060. The highest BCUT2D eigenvalue weighted by Gasteiger charge is 2.18. The van der Waals surface area contributed by atoms with Crippen molar-refractivity contribution in [2.75, 3.05) is 10.7 Å². The quantitative estimate of drug-likeness (QED) is 0.396. The van der Waals surface area contributed by atoms with Crippen molar-refractivity contribution in [3.05, 3.63) is 96.6 Å². The van der Waals surface area contributed by atoms with Gasteiger partial charge in [0.1, 0.15) is 0 Å². The molecule has 0 saturated heterocycles. The van der Waals surface area contributed by atoms with Crippen molar-refractivity contribution in [2.24, 2.45) is 0 Å². The van der Waals surface area contributed by atoms with Crippen molar-refractivity contribution >= 4 is 39.9 Å². The van der Waals surface area contributed by atoms with Gasteiger partial charge in [0.15, 0.2) is 0 Å². The number of nitrogens with zero attached hydrogens (tertiary/aromatic N) is 2. The van der Waals surface area contributed by atoms with E-state index in [4.69, 9.17) is 4.98 Å². The average molecular weight is 385 g/mol. The monoisotopic (exact) mass is 384 g/mol. The number of rotatable bonds is 5. The molecule has 0 aliphatic rings. The van der Waals surface area contributed by atoms with Gasteiger partial charge in [-0.15, -0.1) is 0 Å². The fraction of sp³-hybridized carbons (Fsp3) is 0.0833. The van der Waals surface area contributed by atoms with E-state index in [1.807, 2.05) is 78.9 Å². The lowest BCUT2D eigenvalue weighted by atomic mass is 10.1.